The van der Waals surface area contributed by atoms with E-state index < -0.39 is 35.4 Å². The molecule has 0 radical (unpaired) electrons. The van der Waals surface area contributed by atoms with Crippen molar-refractivity contribution < 1.29 is 27.4 Å². The maximum Gasteiger partial charge on any atom is 0.254 e. The van der Waals surface area contributed by atoms with E-state index in [9.17, 15) is 18.0 Å². The molecule has 154 valence electrons. The monoisotopic (exact) mass is 406 g/mol. The number of hydrogen-bond acceptors (Lipinski definition) is 4. The first-order valence-electron chi connectivity index (χ1n) is 9.04. The number of benzene rings is 1. The second-order valence-corrected chi connectivity index (χ2v) is 6.91. The Morgan fingerprint density at radius 1 is 1.28 bits per heavy atom. The van der Waals surface area contributed by atoms with Crippen molar-refractivity contribution in [2.24, 2.45) is 5.92 Å². The van der Waals surface area contributed by atoms with E-state index in [1.54, 1.807) is 6.92 Å². The molecule has 2 aromatic rings. The molecule has 1 saturated heterocycles. The van der Waals surface area contributed by atoms with Gasteiger partial charge in [0.05, 0.1) is 30.8 Å². The molecule has 29 heavy (non-hydrogen) atoms. The summed E-state index contributed by atoms with van der Waals surface area (Å²) in [7, 11) is 1.23. The highest BCUT2D eigenvalue weighted by Gasteiger charge is 2.46. The highest BCUT2D eigenvalue weighted by molar-refractivity contribution is 5.95. The van der Waals surface area contributed by atoms with Gasteiger partial charge in [0.1, 0.15) is 6.10 Å². The fourth-order valence-corrected chi connectivity index (χ4v) is 3.56. The van der Waals surface area contributed by atoms with Crippen molar-refractivity contribution in [3.05, 3.63) is 59.7 Å². The standard InChI is InChI=1S/C21H21F3N2O3/c1-5-12-8-16(15(23)9-25-12)26-21(27)20-17(10(2)11(3)29-20)13-6-7-14(22)18(24)19(13)28-4/h5-11,17,20H,1H2,2-4H3,(H,25,26,27)/t10-,11-,17+,20-/m1/s1. The Hall–Kier alpha value is -2.87. The van der Waals surface area contributed by atoms with Gasteiger partial charge in [-0.05, 0) is 31.1 Å². The van der Waals surface area contributed by atoms with Crippen LogP contribution in [-0.2, 0) is 9.53 Å². The first-order valence-corrected chi connectivity index (χ1v) is 9.04. The zero-order chi connectivity index (χ0) is 21.3. The van der Waals surface area contributed by atoms with Gasteiger partial charge in [0.25, 0.3) is 5.91 Å². The van der Waals surface area contributed by atoms with Crippen LogP contribution in [0.5, 0.6) is 5.75 Å². The molecule has 1 aliphatic heterocycles. The fourth-order valence-electron chi connectivity index (χ4n) is 3.56. The van der Waals surface area contributed by atoms with E-state index in [-0.39, 0.29) is 23.5 Å². The first-order chi connectivity index (χ1) is 13.8. The quantitative estimate of drug-likeness (QED) is 0.805. The van der Waals surface area contributed by atoms with E-state index in [0.717, 1.165) is 12.3 Å². The number of hydrogen-bond donors (Lipinski definition) is 1. The molecule has 1 aliphatic rings. The summed E-state index contributed by atoms with van der Waals surface area (Å²) in [6.07, 6.45) is 0.988. The molecule has 2 heterocycles. The van der Waals surface area contributed by atoms with E-state index in [4.69, 9.17) is 9.47 Å². The lowest BCUT2D eigenvalue weighted by Crippen LogP contribution is -2.33. The molecule has 0 unspecified atom stereocenters. The Morgan fingerprint density at radius 3 is 2.66 bits per heavy atom. The van der Waals surface area contributed by atoms with Crippen molar-refractivity contribution in [3.63, 3.8) is 0 Å². The average molecular weight is 406 g/mol. The number of rotatable bonds is 5. The summed E-state index contributed by atoms with van der Waals surface area (Å²) in [5.41, 5.74) is 0.617. The zero-order valence-electron chi connectivity index (χ0n) is 16.2. The Labute approximate surface area is 166 Å². The van der Waals surface area contributed by atoms with E-state index >= 15 is 0 Å². The largest absolute Gasteiger partial charge is 0.493 e. The minimum atomic E-state index is -1.13. The maximum absolute atomic E-state index is 14.2. The van der Waals surface area contributed by atoms with E-state index in [1.165, 1.54) is 25.3 Å². The number of methoxy groups -OCH3 is 1. The number of nitrogens with one attached hydrogen (secondary N) is 1. The van der Waals surface area contributed by atoms with Crippen molar-refractivity contribution in [2.75, 3.05) is 12.4 Å². The molecule has 1 aromatic carbocycles. The van der Waals surface area contributed by atoms with Crippen LogP contribution in [0.25, 0.3) is 6.08 Å². The van der Waals surface area contributed by atoms with Gasteiger partial charge in [-0.2, -0.15) is 4.39 Å². The van der Waals surface area contributed by atoms with E-state index in [1.807, 2.05) is 6.92 Å². The lowest BCUT2D eigenvalue weighted by molar-refractivity contribution is -0.127. The first kappa shape index (κ1) is 20.9. The molecule has 1 aromatic heterocycles. The Bertz CT molecular complexity index is 951. The Kier molecular flexibility index (Phi) is 5.93. The molecule has 3 rings (SSSR count). The number of carbonyl (C=O) groups is 1. The molecule has 0 spiro atoms. The number of anilines is 1. The third kappa shape index (κ3) is 3.85. The predicted molar refractivity (Wildman–Crippen MR) is 102 cm³/mol. The molecule has 0 bridgehead atoms. The molecular weight excluding hydrogens is 385 g/mol. The Morgan fingerprint density at radius 2 is 2.00 bits per heavy atom. The fraction of sp³-hybridized carbons (Fsp3) is 0.333. The molecule has 0 aliphatic carbocycles. The van der Waals surface area contributed by atoms with Crippen molar-refractivity contribution in [3.8, 4) is 5.75 Å². The SMILES string of the molecule is C=Cc1cc(NC(=O)[C@@H]2O[C@H](C)[C@@H](C)[C@H]2c2ccc(F)c(F)c2OC)c(F)cn1. The van der Waals surface area contributed by atoms with Gasteiger partial charge in [-0.15, -0.1) is 0 Å². The minimum Gasteiger partial charge on any atom is -0.493 e. The summed E-state index contributed by atoms with van der Waals surface area (Å²) in [6.45, 7) is 7.18. The third-order valence-corrected chi connectivity index (χ3v) is 5.24. The molecule has 0 saturated carbocycles. The van der Waals surface area contributed by atoms with Crippen molar-refractivity contribution in [1.82, 2.24) is 4.98 Å². The van der Waals surface area contributed by atoms with Gasteiger partial charge in [0.2, 0.25) is 5.82 Å². The number of aromatic nitrogens is 1. The van der Waals surface area contributed by atoms with Gasteiger partial charge in [-0.25, -0.2) is 8.78 Å². The average Bonchev–Trinajstić information content (AvgIpc) is 3.00. The summed E-state index contributed by atoms with van der Waals surface area (Å²) in [4.78, 5) is 16.8. The summed E-state index contributed by atoms with van der Waals surface area (Å²) in [5, 5.41) is 2.50. The molecule has 5 nitrogen and oxygen atoms in total. The van der Waals surface area contributed by atoms with E-state index in [2.05, 4.69) is 16.9 Å². The molecular formula is C21H21F3N2O3. The highest BCUT2D eigenvalue weighted by atomic mass is 19.2. The van der Waals surface area contributed by atoms with Crippen LogP contribution in [0.2, 0.25) is 0 Å². The van der Waals surface area contributed by atoms with Gasteiger partial charge in [0, 0.05) is 11.5 Å². The summed E-state index contributed by atoms with van der Waals surface area (Å²) >= 11 is 0. The van der Waals surface area contributed by atoms with E-state index in [0.29, 0.717) is 11.3 Å². The van der Waals surface area contributed by atoms with Crippen LogP contribution in [0.1, 0.15) is 31.0 Å². The predicted octanol–water partition coefficient (Wildman–Crippen LogP) is 4.30. The van der Waals surface area contributed by atoms with Crippen LogP contribution >= 0.6 is 0 Å². The van der Waals surface area contributed by atoms with Crippen molar-refractivity contribution in [2.45, 2.75) is 32.0 Å². The van der Waals surface area contributed by atoms with Crippen molar-refractivity contribution >= 4 is 17.7 Å². The molecule has 1 amide bonds. The Balaban J connectivity index is 1.97. The van der Waals surface area contributed by atoms with Crippen LogP contribution < -0.4 is 10.1 Å². The molecule has 8 heteroatoms. The van der Waals surface area contributed by atoms with Crippen LogP contribution in [0.4, 0.5) is 18.9 Å². The van der Waals surface area contributed by atoms with Gasteiger partial charge >= 0.3 is 0 Å². The van der Waals surface area contributed by atoms with Gasteiger partial charge in [0.15, 0.2) is 17.4 Å². The summed E-state index contributed by atoms with van der Waals surface area (Å²) < 4.78 is 52.8. The second-order valence-electron chi connectivity index (χ2n) is 6.91. The van der Waals surface area contributed by atoms with Crippen molar-refractivity contribution in [1.29, 1.82) is 0 Å². The second kappa shape index (κ2) is 8.24. The molecule has 4 atom stereocenters. The number of amides is 1. The minimum absolute atomic E-state index is 0.0771. The number of nitrogens with zero attached hydrogens (tertiary/aromatic N) is 1. The molecule has 1 N–H and O–H groups in total. The third-order valence-electron chi connectivity index (χ3n) is 5.24. The lowest BCUT2D eigenvalue weighted by atomic mass is 9.82. The number of pyridine rings is 1. The normalized spacial score (nSPS) is 23.7. The number of carbonyl (C=O) groups excluding carboxylic acids is 1. The number of halogens is 3. The topological polar surface area (TPSA) is 60.5 Å². The van der Waals surface area contributed by atoms with Gasteiger partial charge in [-0.3, -0.25) is 9.78 Å². The molecule has 1 fully saturated rings. The zero-order valence-corrected chi connectivity index (χ0v) is 16.2. The summed E-state index contributed by atoms with van der Waals surface area (Å²) in [6, 6.07) is 3.70. The smallest absolute Gasteiger partial charge is 0.254 e. The maximum atomic E-state index is 14.2. The van der Waals surface area contributed by atoms with Crippen LogP contribution in [0.3, 0.4) is 0 Å². The number of ether oxygens (including phenoxy) is 2. The highest BCUT2D eigenvalue weighted by Crippen LogP contribution is 2.44. The van der Waals surface area contributed by atoms with Gasteiger partial charge in [-0.1, -0.05) is 19.6 Å². The lowest BCUT2D eigenvalue weighted by Gasteiger charge is -2.23. The van der Waals surface area contributed by atoms with Crippen LogP contribution in [0.15, 0.2) is 31.0 Å². The summed E-state index contributed by atoms with van der Waals surface area (Å²) in [5.74, 6) is -4.63. The van der Waals surface area contributed by atoms with Crippen LogP contribution in [0, 0.1) is 23.4 Å². The van der Waals surface area contributed by atoms with Crippen LogP contribution in [-0.4, -0.2) is 30.2 Å². The van der Waals surface area contributed by atoms with Gasteiger partial charge < -0.3 is 14.8 Å².